The van der Waals surface area contributed by atoms with Crippen LogP contribution < -0.4 is 10.2 Å². The molecule has 126 valence electrons. The largest absolute Gasteiger partial charge is 0.491 e. The molecule has 0 saturated carbocycles. The molecule has 7 nitrogen and oxygen atoms in total. The Morgan fingerprint density at radius 1 is 1.46 bits per heavy atom. The summed E-state index contributed by atoms with van der Waals surface area (Å²) < 4.78 is 5.65. The first-order valence-corrected chi connectivity index (χ1v) is 8.33. The van der Waals surface area contributed by atoms with E-state index in [-0.39, 0.29) is 12.3 Å². The Bertz CT molecular complexity index is 774. The van der Waals surface area contributed by atoms with E-state index < -0.39 is 5.91 Å². The van der Waals surface area contributed by atoms with E-state index in [9.17, 15) is 9.59 Å². The molecule has 1 aromatic carbocycles. The molecule has 0 saturated heterocycles. The molecule has 2 heterocycles. The highest BCUT2D eigenvalue weighted by atomic mass is 32.1. The Kier molecular flexibility index (Phi) is 4.77. The fraction of sp³-hybridized carbons (Fsp3) is 0.312. The fourth-order valence-electron chi connectivity index (χ4n) is 2.54. The summed E-state index contributed by atoms with van der Waals surface area (Å²) in [5.41, 5.74) is 3.50. The van der Waals surface area contributed by atoms with Crippen molar-refractivity contribution in [2.75, 3.05) is 13.2 Å². The van der Waals surface area contributed by atoms with Gasteiger partial charge in [-0.2, -0.15) is 0 Å². The lowest BCUT2D eigenvalue weighted by Crippen LogP contribution is -2.33. The van der Waals surface area contributed by atoms with Crippen LogP contribution in [-0.4, -0.2) is 40.1 Å². The molecule has 0 bridgehead atoms. The van der Waals surface area contributed by atoms with Crippen molar-refractivity contribution < 1.29 is 19.5 Å². The lowest BCUT2D eigenvalue weighted by Gasteiger charge is -2.19. The molecule has 1 aliphatic rings. The number of hydrogen-bond donors (Lipinski definition) is 2. The third-order valence-electron chi connectivity index (χ3n) is 3.76. The number of rotatable bonds is 3. The molecule has 24 heavy (non-hydrogen) atoms. The zero-order valence-electron chi connectivity index (χ0n) is 13.1. The molecule has 3 rings (SSSR count). The van der Waals surface area contributed by atoms with Gasteiger partial charge in [-0.05, 0) is 19.1 Å². The fourth-order valence-corrected chi connectivity index (χ4v) is 3.16. The predicted molar refractivity (Wildman–Crippen MR) is 87.2 cm³/mol. The molecule has 0 fully saturated rings. The van der Waals surface area contributed by atoms with E-state index in [1.165, 1.54) is 11.3 Å². The van der Waals surface area contributed by atoms with Crippen LogP contribution in [-0.2, 0) is 17.8 Å². The molecule has 1 aliphatic heterocycles. The molecule has 0 aliphatic carbocycles. The lowest BCUT2D eigenvalue weighted by atomic mass is 10.1. The number of hydrogen-bond acceptors (Lipinski definition) is 6. The number of aryl methyl sites for hydroxylation is 1. The van der Waals surface area contributed by atoms with Crippen molar-refractivity contribution >= 4 is 23.2 Å². The zero-order valence-corrected chi connectivity index (χ0v) is 13.9. The van der Waals surface area contributed by atoms with E-state index in [4.69, 9.17) is 9.94 Å². The molecular formula is C16H17N3O4S. The smallest absolute Gasteiger partial charge is 0.274 e. The molecule has 2 amide bonds. The number of amides is 2. The first kappa shape index (κ1) is 16.4. The minimum absolute atomic E-state index is 0.00562. The number of benzene rings is 1. The van der Waals surface area contributed by atoms with Crippen molar-refractivity contribution in [3.8, 4) is 5.75 Å². The van der Waals surface area contributed by atoms with E-state index in [2.05, 4.69) is 4.98 Å². The van der Waals surface area contributed by atoms with Crippen LogP contribution in [0.25, 0.3) is 0 Å². The third-order valence-corrected chi connectivity index (χ3v) is 4.58. The van der Waals surface area contributed by atoms with Crippen LogP contribution in [0.4, 0.5) is 0 Å². The van der Waals surface area contributed by atoms with E-state index in [1.807, 2.05) is 12.3 Å². The van der Waals surface area contributed by atoms with Gasteiger partial charge in [-0.25, -0.2) is 10.5 Å². The van der Waals surface area contributed by atoms with Crippen LogP contribution in [0.15, 0.2) is 23.6 Å². The van der Waals surface area contributed by atoms with Gasteiger partial charge in [0.2, 0.25) is 5.91 Å². The molecule has 0 unspecified atom stereocenters. The standard InChI is InChI=1S/C16H17N3O4S/c1-10-17-13(9-24-10)7-15(20)19-4-5-23-14-6-11(16(21)18-22)2-3-12(14)8-19/h2-3,6,9,22H,4-5,7-8H2,1H3,(H,18,21). The average Bonchev–Trinajstić information content (AvgIpc) is 2.86. The Morgan fingerprint density at radius 3 is 3.00 bits per heavy atom. The summed E-state index contributed by atoms with van der Waals surface area (Å²) in [5.74, 6) is -0.0534. The summed E-state index contributed by atoms with van der Waals surface area (Å²) in [6.45, 7) is 3.14. The maximum atomic E-state index is 12.5. The number of carbonyl (C=O) groups excluding carboxylic acids is 2. The summed E-state index contributed by atoms with van der Waals surface area (Å²) in [6.07, 6.45) is 0.269. The Balaban J connectivity index is 1.74. The van der Waals surface area contributed by atoms with Crippen LogP contribution >= 0.6 is 11.3 Å². The van der Waals surface area contributed by atoms with Gasteiger partial charge in [0, 0.05) is 23.1 Å². The van der Waals surface area contributed by atoms with Crippen LogP contribution in [0.1, 0.15) is 26.6 Å². The van der Waals surface area contributed by atoms with Crippen molar-refractivity contribution in [2.24, 2.45) is 0 Å². The molecule has 2 aromatic rings. The predicted octanol–water partition coefficient (Wildman–Crippen LogP) is 1.53. The van der Waals surface area contributed by atoms with Crippen molar-refractivity contribution in [3.05, 3.63) is 45.4 Å². The Labute approximate surface area is 142 Å². The molecule has 2 N–H and O–H groups in total. The quantitative estimate of drug-likeness (QED) is 0.649. The average molecular weight is 347 g/mol. The van der Waals surface area contributed by atoms with Crippen molar-refractivity contribution in [2.45, 2.75) is 19.9 Å². The monoisotopic (exact) mass is 347 g/mol. The van der Waals surface area contributed by atoms with Gasteiger partial charge in [0.25, 0.3) is 5.91 Å². The molecule has 1 aromatic heterocycles. The second-order valence-corrected chi connectivity index (χ2v) is 6.52. The van der Waals surface area contributed by atoms with Crippen LogP contribution in [0.5, 0.6) is 5.75 Å². The second kappa shape index (κ2) is 6.98. The van der Waals surface area contributed by atoms with Crippen molar-refractivity contribution in [1.29, 1.82) is 0 Å². The van der Waals surface area contributed by atoms with Gasteiger partial charge < -0.3 is 9.64 Å². The zero-order chi connectivity index (χ0) is 17.1. The molecule has 0 spiro atoms. The molecule has 0 atom stereocenters. The van der Waals surface area contributed by atoms with Gasteiger partial charge in [0.1, 0.15) is 12.4 Å². The maximum Gasteiger partial charge on any atom is 0.274 e. The lowest BCUT2D eigenvalue weighted by molar-refractivity contribution is -0.131. The van der Waals surface area contributed by atoms with Crippen LogP contribution in [0.3, 0.4) is 0 Å². The highest BCUT2D eigenvalue weighted by molar-refractivity contribution is 7.09. The number of fused-ring (bicyclic) bond motifs is 1. The molecular weight excluding hydrogens is 330 g/mol. The topological polar surface area (TPSA) is 91.8 Å². The second-order valence-electron chi connectivity index (χ2n) is 5.46. The summed E-state index contributed by atoms with van der Waals surface area (Å²) >= 11 is 1.53. The number of aromatic nitrogens is 1. The van der Waals surface area contributed by atoms with E-state index in [0.717, 1.165) is 16.3 Å². The first-order valence-electron chi connectivity index (χ1n) is 7.46. The van der Waals surface area contributed by atoms with Crippen LogP contribution in [0.2, 0.25) is 0 Å². The SMILES string of the molecule is Cc1nc(CC(=O)N2CCOc3cc(C(=O)NO)ccc3C2)cs1. The number of carbonyl (C=O) groups is 2. The third kappa shape index (κ3) is 3.55. The highest BCUT2D eigenvalue weighted by Gasteiger charge is 2.21. The number of nitrogens with one attached hydrogen (secondary N) is 1. The van der Waals surface area contributed by atoms with Gasteiger partial charge >= 0.3 is 0 Å². The van der Waals surface area contributed by atoms with Gasteiger partial charge in [-0.3, -0.25) is 14.8 Å². The maximum absolute atomic E-state index is 12.5. The van der Waals surface area contributed by atoms with Gasteiger partial charge in [0.05, 0.1) is 23.7 Å². The molecule has 0 radical (unpaired) electrons. The van der Waals surface area contributed by atoms with E-state index in [0.29, 0.717) is 31.0 Å². The normalized spacial score (nSPS) is 13.7. The Morgan fingerprint density at radius 2 is 2.29 bits per heavy atom. The minimum atomic E-state index is -0.600. The van der Waals surface area contributed by atoms with E-state index >= 15 is 0 Å². The molecule has 8 heteroatoms. The first-order chi connectivity index (χ1) is 11.6. The van der Waals surface area contributed by atoms with E-state index in [1.54, 1.807) is 28.6 Å². The van der Waals surface area contributed by atoms with Gasteiger partial charge in [-0.1, -0.05) is 6.07 Å². The van der Waals surface area contributed by atoms with Crippen LogP contribution in [0, 0.1) is 6.92 Å². The summed E-state index contributed by atoms with van der Waals surface area (Å²) in [5, 5.41) is 11.5. The number of nitrogens with zero attached hydrogens (tertiary/aromatic N) is 2. The highest BCUT2D eigenvalue weighted by Crippen LogP contribution is 2.25. The summed E-state index contributed by atoms with van der Waals surface area (Å²) in [4.78, 5) is 30.0. The summed E-state index contributed by atoms with van der Waals surface area (Å²) in [6, 6.07) is 4.89. The van der Waals surface area contributed by atoms with Crippen molar-refractivity contribution in [3.63, 3.8) is 0 Å². The van der Waals surface area contributed by atoms with Gasteiger partial charge in [0.15, 0.2) is 0 Å². The summed E-state index contributed by atoms with van der Waals surface area (Å²) in [7, 11) is 0. The number of hydroxylamine groups is 1. The number of ether oxygens (including phenoxy) is 1. The van der Waals surface area contributed by atoms with Crippen molar-refractivity contribution in [1.82, 2.24) is 15.4 Å². The minimum Gasteiger partial charge on any atom is -0.491 e. The Hall–Kier alpha value is -2.45. The number of thiazole rings is 1. The van der Waals surface area contributed by atoms with Gasteiger partial charge in [-0.15, -0.1) is 11.3 Å².